The fraction of sp³-hybridized carbons (Fsp3) is 0.143. The van der Waals surface area contributed by atoms with Gasteiger partial charge in [0, 0.05) is 6.20 Å². The molecule has 0 bridgehead atoms. The minimum atomic E-state index is -1.06. The Morgan fingerprint density at radius 3 is 2.50 bits per heavy atom. The lowest BCUT2D eigenvalue weighted by atomic mass is 10.2. The van der Waals surface area contributed by atoms with Gasteiger partial charge in [-0.15, -0.1) is 0 Å². The van der Waals surface area contributed by atoms with E-state index >= 15 is 0 Å². The summed E-state index contributed by atoms with van der Waals surface area (Å²) in [6.45, 7) is 3.33. The van der Waals surface area contributed by atoms with Gasteiger partial charge in [-0.2, -0.15) is 0 Å². The minimum absolute atomic E-state index is 0.0825. The summed E-state index contributed by atoms with van der Waals surface area (Å²) in [5.41, 5.74) is 1.84. The predicted molar refractivity (Wildman–Crippen MR) is 72.9 cm³/mol. The topological polar surface area (TPSA) is 92.2 Å². The first kappa shape index (κ1) is 13.7. The van der Waals surface area contributed by atoms with Gasteiger partial charge in [0.1, 0.15) is 5.69 Å². The number of carboxylic acids is 1. The number of carbonyl (C=O) groups excluding carboxylic acids is 1. The van der Waals surface area contributed by atoms with Gasteiger partial charge in [0.25, 0.3) is 5.91 Å². The molecule has 0 aromatic carbocycles. The number of hydrogen-bond donors (Lipinski definition) is 2. The number of aryl methyl sites for hydroxylation is 2. The maximum absolute atomic E-state index is 12.1. The number of rotatable bonds is 3. The molecule has 0 aliphatic carbocycles. The van der Waals surface area contributed by atoms with Crippen molar-refractivity contribution in [2.45, 2.75) is 13.8 Å². The average Bonchev–Trinajstić information content (AvgIpc) is 2.40. The van der Waals surface area contributed by atoms with Gasteiger partial charge in [0.15, 0.2) is 0 Å². The van der Waals surface area contributed by atoms with Crippen LogP contribution in [0.4, 0.5) is 5.69 Å². The van der Waals surface area contributed by atoms with Crippen molar-refractivity contribution in [3.05, 3.63) is 53.1 Å². The number of hydrogen-bond acceptors (Lipinski definition) is 4. The Kier molecular flexibility index (Phi) is 3.74. The van der Waals surface area contributed by atoms with Crippen LogP contribution < -0.4 is 5.32 Å². The van der Waals surface area contributed by atoms with Gasteiger partial charge in [0.2, 0.25) is 0 Å². The van der Waals surface area contributed by atoms with Gasteiger partial charge in [0.05, 0.1) is 22.6 Å². The second-order valence-corrected chi connectivity index (χ2v) is 4.23. The lowest BCUT2D eigenvalue weighted by Gasteiger charge is -2.08. The Morgan fingerprint density at radius 1 is 1.15 bits per heavy atom. The van der Waals surface area contributed by atoms with Crippen LogP contribution in [0.5, 0.6) is 0 Å². The molecule has 2 heterocycles. The van der Waals surface area contributed by atoms with Gasteiger partial charge in [-0.25, -0.2) is 9.78 Å². The number of carbonyl (C=O) groups is 2. The number of aromatic nitrogens is 2. The normalized spacial score (nSPS) is 10.1. The van der Waals surface area contributed by atoms with Crippen LogP contribution in [0.15, 0.2) is 30.5 Å². The summed E-state index contributed by atoms with van der Waals surface area (Å²) in [6, 6.07) is 6.21. The molecule has 0 aliphatic rings. The summed E-state index contributed by atoms with van der Waals surface area (Å²) in [6.07, 6.45) is 1.63. The first-order valence-electron chi connectivity index (χ1n) is 5.93. The number of pyridine rings is 2. The molecular weight excluding hydrogens is 258 g/mol. The average molecular weight is 271 g/mol. The predicted octanol–water partition coefficient (Wildman–Crippen LogP) is 2.04. The Labute approximate surface area is 115 Å². The Bertz CT molecular complexity index is 683. The highest BCUT2D eigenvalue weighted by Gasteiger charge is 2.13. The van der Waals surface area contributed by atoms with Crippen molar-refractivity contribution in [3.63, 3.8) is 0 Å². The number of amides is 1. The quantitative estimate of drug-likeness (QED) is 0.891. The Balaban J connectivity index is 2.24. The lowest BCUT2D eigenvalue weighted by Crippen LogP contribution is -2.16. The van der Waals surface area contributed by atoms with E-state index in [9.17, 15) is 9.59 Å². The molecule has 6 nitrogen and oxygen atoms in total. The molecule has 0 aliphatic heterocycles. The first-order valence-corrected chi connectivity index (χ1v) is 5.93. The standard InChI is InChI=1S/C14H13N3O3/c1-8-10(14(19)20)5-6-12(16-8)13(18)17-11-4-3-7-15-9(11)2/h3-7H,1-2H3,(H,17,18)(H,19,20). The zero-order valence-electron chi connectivity index (χ0n) is 11.0. The molecule has 0 fully saturated rings. The van der Waals surface area contributed by atoms with Crippen LogP contribution in [0, 0.1) is 13.8 Å². The summed E-state index contributed by atoms with van der Waals surface area (Å²) in [5.74, 6) is -1.47. The molecule has 20 heavy (non-hydrogen) atoms. The molecule has 0 radical (unpaired) electrons. The number of nitrogens with one attached hydrogen (secondary N) is 1. The molecule has 0 saturated carbocycles. The molecule has 2 aromatic heterocycles. The summed E-state index contributed by atoms with van der Waals surface area (Å²) in [4.78, 5) is 31.0. The summed E-state index contributed by atoms with van der Waals surface area (Å²) in [7, 11) is 0. The van der Waals surface area contributed by atoms with E-state index < -0.39 is 11.9 Å². The van der Waals surface area contributed by atoms with Crippen molar-refractivity contribution >= 4 is 17.6 Å². The summed E-state index contributed by atoms with van der Waals surface area (Å²) in [5, 5.41) is 11.6. The SMILES string of the molecule is Cc1ncccc1NC(=O)c1ccc(C(=O)O)c(C)n1. The molecule has 6 heteroatoms. The number of nitrogens with zero attached hydrogens (tertiary/aromatic N) is 2. The van der Waals surface area contributed by atoms with E-state index in [-0.39, 0.29) is 11.3 Å². The van der Waals surface area contributed by atoms with E-state index in [0.29, 0.717) is 17.1 Å². The molecule has 1 amide bonds. The first-order chi connectivity index (χ1) is 9.49. The highest BCUT2D eigenvalue weighted by atomic mass is 16.4. The van der Waals surface area contributed by atoms with E-state index in [0.717, 1.165) is 0 Å². The zero-order chi connectivity index (χ0) is 14.7. The molecule has 0 unspecified atom stereocenters. The Morgan fingerprint density at radius 2 is 1.90 bits per heavy atom. The van der Waals surface area contributed by atoms with Crippen LogP contribution in [0.25, 0.3) is 0 Å². The van der Waals surface area contributed by atoms with E-state index in [1.165, 1.54) is 12.1 Å². The molecule has 0 atom stereocenters. The lowest BCUT2D eigenvalue weighted by molar-refractivity contribution is 0.0695. The van der Waals surface area contributed by atoms with Crippen molar-refractivity contribution < 1.29 is 14.7 Å². The molecular formula is C14H13N3O3. The van der Waals surface area contributed by atoms with E-state index in [2.05, 4.69) is 15.3 Å². The van der Waals surface area contributed by atoms with Crippen molar-refractivity contribution in [3.8, 4) is 0 Å². The maximum Gasteiger partial charge on any atom is 0.337 e. The molecule has 0 saturated heterocycles. The monoisotopic (exact) mass is 271 g/mol. The molecule has 102 valence electrons. The van der Waals surface area contributed by atoms with Gasteiger partial charge in [-0.3, -0.25) is 9.78 Å². The molecule has 0 spiro atoms. The second kappa shape index (κ2) is 5.48. The number of carboxylic acid groups (broad SMARTS) is 1. The fourth-order valence-electron chi connectivity index (χ4n) is 1.72. The van der Waals surface area contributed by atoms with Crippen molar-refractivity contribution in [2.75, 3.05) is 5.32 Å². The van der Waals surface area contributed by atoms with Crippen LogP contribution >= 0.6 is 0 Å². The third-order valence-corrected chi connectivity index (χ3v) is 2.80. The molecule has 2 aromatic rings. The third kappa shape index (κ3) is 2.80. The van der Waals surface area contributed by atoms with Crippen molar-refractivity contribution in [1.29, 1.82) is 0 Å². The van der Waals surface area contributed by atoms with Crippen LogP contribution in [-0.2, 0) is 0 Å². The highest BCUT2D eigenvalue weighted by molar-refractivity contribution is 6.03. The summed E-state index contributed by atoms with van der Waals surface area (Å²) >= 11 is 0. The third-order valence-electron chi connectivity index (χ3n) is 2.80. The van der Waals surface area contributed by atoms with Gasteiger partial charge >= 0.3 is 5.97 Å². The molecule has 2 rings (SSSR count). The minimum Gasteiger partial charge on any atom is -0.478 e. The number of aromatic carboxylic acids is 1. The molecule has 2 N–H and O–H groups in total. The van der Waals surface area contributed by atoms with Crippen LogP contribution in [-0.4, -0.2) is 27.0 Å². The fourth-order valence-corrected chi connectivity index (χ4v) is 1.72. The summed E-state index contributed by atoms with van der Waals surface area (Å²) < 4.78 is 0. The van der Waals surface area contributed by atoms with Crippen molar-refractivity contribution in [1.82, 2.24) is 9.97 Å². The highest BCUT2D eigenvalue weighted by Crippen LogP contribution is 2.13. The number of anilines is 1. The van der Waals surface area contributed by atoms with Crippen LogP contribution in [0.3, 0.4) is 0 Å². The smallest absolute Gasteiger partial charge is 0.337 e. The van der Waals surface area contributed by atoms with Crippen LogP contribution in [0.1, 0.15) is 32.2 Å². The van der Waals surface area contributed by atoms with E-state index in [1.807, 2.05) is 0 Å². The second-order valence-electron chi connectivity index (χ2n) is 4.23. The zero-order valence-corrected chi connectivity index (χ0v) is 11.0. The Hall–Kier alpha value is -2.76. The van der Waals surface area contributed by atoms with Gasteiger partial charge in [-0.1, -0.05) is 0 Å². The van der Waals surface area contributed by atoms with Gasteiger partial charge in [-0.05, 0) is 38.1 Å². The maximum atomic E-state index is 12.1. The van der Waals surface area contributed by atoms with Gasteiger partial charge < -0.3 is 10.4 Å². The van der Waals surface area contributed by atoms with E-state index in [1.54, 1.807) is 32.2 Å². The van der Waals surface area contributed by atoms with E-state index in [4.69, 9.17) is 5.11 Å². The van der Waals surface area contributed by atoms with Crippen LogP contribution in [0.2, 0.25) is 0 Å². The largest absolute Gasteiger partial charge is 0.478 e. The van der Waals surface area contributed by atoms with Crippen molar-refractivity contribution in [2.24, 2.45) is 0 Å².